The number of hydrogen-bond donors (Lipinski definition) is 1. The highest BCUT2D eigenvalue weighted by molar-refractivity contribution is 7.80. The van der Waals surface area contributed by atoms with Gasteiger partial charge in [0.1, 0.15) is 11.3 Å². The lowest BCUT2D eigenvalue weighted by Crippen LogP contribution is -2.32. The average molecular weight is 347 g/mol. The fourth-order valence-electron chi connectivity index (χ4n) is 1.42. The van der Waals surface area contributed by atoms with Gasteiger partial charge in [0.15, 0.2) is 0 Å². The third-order valence-corrected chi connectivity index (χ3v) is 3.08. The van der Waals surface area contributed by atoms with Gasteiger partial charge in [-0.1, -0.05) is 41.5 Å². The normalized spacial score (nSPS) is 11.5. The Balaban J connectivity index is 2.83. The predicted octanol–water partition coefficient (Wildman–Crippen LogP) is 4.72. The number of carbonyl (C=O) groups excluding carboxylic acids is 1. The van der Waals surface area contributed by atoms with Crippen LogP contribution in [0.15, 0.2) is 17.1 Å². The molecule has 0 aromatic heterocycles. The third kappa shape index (κ3) is 5.99. The minimum atomic E-state index is -0.553. The van der Waals surface area contributed by atoms with Crippen LogP contribution >= 0.6 is 35.4 Å². The average Bonchev–Trinajstić information content (AvgIpc) is 2.35. The molecule has 0 saturated carbocycles. The largest absolute Gasteiger partial charge is 0.444 e. The minimum Gasteiger partial charge on any atom is -0.444 e. The number of benzene rings is 1. The van der Waals surface area contributed by atoms with Gasteiger partial charge in [-0.2, -0.15) is 0 Å². The second-order valence-corrected chi connectivity index (χ2v) is 6.20. The number of aliphatic imine (C=N–C) groups is 1. The third-order valence-electron chi connectivity index (χ3n) is 2.23. The fraction of sp³-hybridized carbons (Fsp3) is 0.357. The number of nitrogens with one attached hydrogen (secondary N) is 1. The Morgan fingerprint density at radius 3 is 2.67 bits per heavy atom. The van der Waals surface area contributed by atoms with E-state index in [4.69, 9.17) is 27.9 Å². The number of ether oxygens (including phenoxy) is 1. The van der Waals surface area contributed by atoms with E-state index in [1.165, 1.54) is 11.6 Å². The Labute approximate surface area is 139 Å². The molecule has 1 amide bonds. The first-order valence-electron chi connectivity index (χ1n) is 6.16. The van der Waals surface area contributed by atoms with Gasteiger partial charge in [0.25, 0.3) is 0 Å². The SMILES string of the molecule is CC(C)(C)OC(=O)NCc1ccc(Cl)c(N=CC=S)c1Cl. The Morgan fingerprint density at radius 2 is 2.10 bits per heavy atom. The quantitative estimate of drug-likeness (QED) is 0.633. The number of amides is 1. The summed E-state index contributed by atoms with van der Waals surface area (Å²) < 4.78 is 5.15. The predicted molar refractivity (Wildman–Crippen MR) is 91.3 cm³/mol. The van der Waals surface area contributed by atoms with Crippen LogP contribution in [0.5, 0.6) is 0 Å². The van der Waals surface area contributed by atoms with Crippen molar-refractivity contribution in [1.29, 1.82) is 0 Å². The van der Waals surface area contributed by atoms with Gasteiger partial charge in [-0.05, 0) is 32.4 Å². The van der Waals surface area contributed by atoms with Gasteiger partial charge in [-0.15, -0.1) is 0 Å². The molecule has 0 atom stereocenters. The highest BCUT2D eigenvalue weighted by Gasteiger charge is 2.16. The Bertz CT molecular complexity index is 569. The van der Waals surface area contributed by atoms with Gasteiger partial charge in [0.05, 0.1) is 10.0 Å². The van der Waals surface area contributed by atoms with Crippen molar-refractivity contribution in [3.05, 3.63) is 27.7 Å². The van der Waals surface area contributed by atoms with Crippen LogP contribution in [0.1, 0.15) is 26.3 Å². The smallest absolute Gasteiger partial charge is 0.407 e. The molecule has 0 spiro atoms. The van der Waals surface area contributed by atoms with E-state index in [9.17, 15) is 4.79 Å². The summed E-state index contributed by atoms with van der Waals surface area (Å²) in [7, 11) is 0. The van der Waals surface area contributed by atoms with Gasteiger partial charge in [0, 0.05) is 18.1 Å². The van der Waals surface area contributed by atoms with Crippen molar-refractivity contribution < 1.29 is 9.53 Å². The monoisotopic (exact) mass is 346 g/mol. The maximum Gasteiger partial charge on any atom is 0.407 e. The maximum atomic E-state index is 11.6. The number of nitrogens with zero attached hydrogens (tertiary/aromatic N) is 1. The zero-order valence-corrected chi connectivity index (χ0v) is 14.3. The summed E-state index contributed by atoms with van der Waals surface area (Å²) in [5, 5.41) is 4.77. The zero-order valence-electron chi connectivity index (χ0n) is 11.9. The van der Waals surface area contributed by atoms with E-state index in [0.717, 1.165) is 0 Å². The van der Waals surface area contributed by atoms with Crippen molar-refractivity contribution in [3.63, 3.8) is 0 Å². The summed E-state index contributed by atoms with van der Waals surface area (Å²) >= 11 is 16.9. The lowest BCUT2D eigenvalue weighted by atomic mass is 10.2. The molecule has 0 aliphatic rings. The van der Waals surface area contributed by atoms with Gasteiger partial charge in [-0.25, -0.2) is 4.79 Å². The summed E-state index contributed by atoms with van der Waals surface area (Å²) in [6.45, 7) is 5.59. The molecular formula is C14H16Cl2N2O2S. The molecule has 0 fully saturated rings. The molecule has 0 aliphatic heterocycles. The van der Waals surface area contributed by atoms with Crippen LogP contribution in [-0.2, 0) is 11.3 Å². The molecule has 7 heteroatoms. The van der Waals surface area contributed by atoms with Crippen LogP contribution in [0.4, 0.5) is 10.5 Å². The molecule has 1 aromatic carbocycles. The van der Waals surface area contributed by atoms with Gasteiger partial charge in [0.2, 0.25) is 0 Å². The molecule has 1 N–H and O–H groups in total. The molecule has 1 rings (SSSR count). The maximum absolute atomic E-state index is 11.6. The van der Waals surface area contributed by atoms with Crippen molar-refractivity contribution in [1.82, 2.24) is 5.32 Å². The highest BCUT2D eigenvalue weighted by Crippen LogP contribution is 2.35. The summed E-state index contributed by atoms with van der Waals surface area (Å²) in [6.07, 6.45) is 0.908. The zero-order chi connectivity index (χ0) is 16.0. The molecule has 1 aromatic rings. The van der Waals surface area contributed by atoms with E-state index < -0.39 is 11.7 Å². The van der Waals surface area contributed by atoms with Crippen LogP contribution in [-0.4, -0.2) is 23.3 Å². The molecule has 4 nitrogen and oxygen atoms in total. The van der Waals surface area contributed by atoms with Crippen molar-refractivity contribution in [2.75, 3.05) is 0 Å². The van der Waals surface area contributed by atoms with Crippen LogP contribution in [0.2, 0.25) is 10.0 Å². The Kier molecular flexibility index (Phi) is 6.58. The number of carbonyl (C=O) groups is 1. The fourth-order valence-corrected chi connectivity index (χ4v) is 2.02. The van der Waals surface area contributed by atoms with E-state index in [1.807, 2.05) is 0 Å². The van der Waals surface area contributed by atoms with Crippen LogP contribution in [0.25, 0.3) is 0 Å². The molecule has 0 unspecified atom stereocenters. The molecular weight excluding hydrogens is 331 g/mol. The van der Waals surface area contributed by atoms with E-state index in [2.05, 4.69) is 22.5 Å². The van der Waals surface area contributed by atoms with Crippen molar-refractivity contribution in [2.24, 2.45) is 4.99 Å². The number of halogens is 2. The Hall–Kier alpha value is -1.17. The van der Waals surface area contributed by atoms with Crippen LogP contribution in [0, 0.1) is 0 Å². The Morgan fingerprint density at radius 1 is 1.43 bits per heavy atom. The summed E-state index contributed by atoms with van der Waals surface area (Å²) in [5.74, 6) is 0. The van der Waals surface area contributed by atoms with E-state index in [0.29, 0.717) is 21.3 Å². The minimum absolute atomic E-state index is 0.213. The first kappa shape index (κ1) is 17.9. The second-order valence-electron chi connectivity index (χ2n) is 5.14. The summed E-state index contributed by atoms with van der Waals surface area (Å²) in [6, 6.07) is 3.38. The first-order valence-corrected chi connectivity index (χ1v) is 7.39. The molecule has 0 heterocycles. The van der Waals surface area contributed by atoms with Crippen molar-refractivity contribution >= 4 is 58.8 Å². The van der Waals surface area contributed by atoms with Gasteiger partial charge in [-0.3, -0.25) is 4.99 Å². The molecule has 0 saturated heterocycles. The second kappa shape index (κ2) is 7.73. The van der Waals surface area contributed by atoms with Crippen molar-refractivity contribution in [2.45, 2.75) is 32.9 Å². The van der Waals surface area contributed by atoms with Crippen LogP contribution < -0.4 is 5.32 Å². The summed E-state index contributed by atoms with van der Waals surface area (Å²) in [5.41, 5.74) is 0.550. The lowest BCUT2D eigenvalue weighted by molar-refractivity contribution is 0.0523. The van der Waals surface area contributed by atoms with Crippen LogP contribution in [0.3, 0.4) is 0 Å². The standard InChI is InChI=1S/C14H16Cl2N2O2S/c1-14(2,3)20-13(19)18-8-9-4-5-10(15)12(11(9)16)17-6-7-21/h4-7H,8H2,1-3H3,(H,18,19). The molecule has 114 valence electrons. The number of rotatable bonds is 4. The van der Waals surface area contributed by atoms with Gasteiger partial charge < -0.3 is 10.1 Å². The lowest BCUT2D eigenvalue weighted by Gasteiger charge is -2.20. The van der Waals surface area contributed by atoms with Gasteiger partial charge >= 0.3 is 6.09 Å². The molecule has 0 bridgehead atoms. The number of alkyl carbamates (subject to hydrolysis) is 1. The topological polar surface area (TPSA) is 50.7 Å². The summed E-state index contributed by atoms with van der Waals surface area (Å²) in [4.78, 5) is 15.7. The highest BCUT2D eigenvalue weighted by atomic mass is 35.5. The first-order chi connectivity index (χ1) is 9.74. The van der Waals surface area contributed by atoms with E-state index in [1.54, 1.807) is 32.9 Å². The molecule has 21 heavy (non-hydrogen) atoms. The number of thiocarbonyl (C=S) groups is 1. The van der Waals surface area contributed by atoms with Crippen molar-refractivity contribution in [3.8, 4) is 0 Å². The molecule has 0 aliphatic carbocycles. The van der Waals surface area contributed by atoms with E-state index >= 15 is 0 Å². The molecule has 0 radical (unpaired) electrons. The van der Waals surface area contributed by atoms with E-state index in [-0.39, 0.29) is 6.54 Å². The number of hydrogen-bond acceptors (Lipinski definition) is 4.